The average Bonchev–Trinajstić information content (AvgIpc) is 2.65. The number of halogens is 1. The van der Waals surface area contributed by atoms with Crippen LogP contribution in [0.3, 0.4) is 0 Å². The summed E-state index contributed by atoms with van der Waals surface area (Å²) in [6, 6.07) is 5.28. The Balaban J connectivity index is 2.68. The molecule has 0 aliphatic carbocycles. The van der Waals surface area contributed by atoms with Gasteiger partial charge in [-0.2, -0.15) is 5.26 Å². The van der Waals surface area contributed by atoms with E-state index in [1.165, 1.54) is 19.1 Å². The van der Waals surface area contributed by atoms with Crippen molar-refractivity contribution in [2.24, 2.45) is 0 Å². The second-order valence-corrected chi connectivity index (χ2v) is 6.63. The van der Waals surface area contributed by atoms with Crippen molar-refractivity contribution in [3.63, 3.8) is 0 Å². The molecule has 0 atom stereocenters. The molecule has 1 aromatic carbocycles. The number of carbonyl (C=O) groups excluding carboxylic acids is 1. The number of rotatable bonds is 7. The number of nitrogens with zero attached hydrogens (tertiary/aromatic N) is 3. The number of nitro benzene ring substituents is 1. The van der Waals surface area contributed by atoms with E-state index in [1.54, 1.807) is 6.07 Å². The van der Waals surface area contributed by atoms with Gasteiger partial charge in [-0.05, 0) is 31.0 Å². The standard InChI is InChI=1S/C19H18ClN3O5/c1-3-4-5-8-22-18(25)13(10-21)11(2)16(19(22)26)17(24)12-6-7-14(20)15(9-12)23(27)28/h6-7,9,26H,3-5,8H2,1-2H3. The van der Waals surface area contributed by atoms with Crippen LogP contribution in [-0.4, -0.2) is 20.4 Å². The van der Waals surface area contributed by atoms with Gasteiger partial charge in [0.15, 0.2) is 5.78 Å². The normalized spacial score (nSPS) is 10.5. The number of ketones is 1. The molecular weight excluding hydrogens is 386 g/mol. The zero-order valence-corrected chi connectivity index (χ0v) is 16.1. The predicted octanol–water partition coefficient (Wildman–Crippen LogP) is 3.72. The third-order valence-electron chi connectivity index (χ3n) is 4.42. The zero-order chi connectivity index (χ0) is 21.0. The Morgan fingerprint density at radius 2 is 2.07 bits per heavy atom. The van der Waals surface area contributed by atoms with E-state index in [0.717, 1.165) is 23.5 Å². The SMILES string of the molecule is CCCCCn1c(O)c(C(=O)c2ccc(Cl)c([N+](=O)[O-])c2)c(C)c(C#N)c1=O. The highest BCUT2D eigenvalue weighted by Gasteiger charge is 2.26. The van der Waals surface area contributed by atoms with Crippen molar-refractivity contribution in [2.45, 2.75) is 39.7 Å². The van der Waals surface area contributed by atoms with Crippen molar-refractivity contribution in [1.82, 2.24) is 4.57 Å². The third kappa shape index (κ3) is 3.89. The number of hydrogen-bond donors (Lipinski definition) is 1. The molecule has 0 radical (unpaired) electrons. The molecule has 0 unspecified atom stereocenters. The van der Waals surface area contributed by atoms with E-state index in [2.05, 4.69) is 0 Å². The number of hydrogen-bond acceptors (Lipinski definition) is 6. The molecule has 1 aromatic heterocycles. The summed E-state index contributed by atoms with van der Waals surface area (Å²) in [6.45, 7) is 3.50. The maximum atomic E-state index is 13.0. The van der Waals surface area contributed by atoms with E-state index in [0.29, 0.717) is 6.42 Å². The maximum Gasteiger partial charge on any atom is 0.288 e. The van der Waals surface area contributed by atoms with Gasteiger partial charge < -0.3 is 5.11 Å². The summed E-state index contributed by atoms with van der Waals surface area (Å²) in [6.07, 6.45) is 2.26. The first-order valence-corrected chi connectivity index (χ1v) is 8.97. The molecule has 9 heteroatoms. The van der Waals surface area contributed by atoms with Crippen LogP contribution in [0, 0.1) is 28.4 Å². The lowest BCUT2D eigenvalue weighted by atomic mass is 9.97. The fraction of sp³-hybridized carbons (Fsp3) is 0.316. The molecule has 0 amide bonds. The first-order chi connectivity index (χ1) is 13.2. The van der Waals surface area contributed by atoms with Gasteiger partial charge in [0, 0.05) is 18.2 Å². The van der Waals surface area contributed by atoms with E-state index >= 15 is 0 Å². The van der Waals surface area contributed by atoms with Gasteiger partial charge in [0.2, 0.25) is 5.88 Å². The maximum absolute atomic E-state index is 13.0. The van der Waals surface area contributed by atoms with Crippen LogP contribution in [0.2, 0.25) is 5.02 Å². The fourth-order valence-electron chi connectivity index (χ4n) is 2.89. The second kappa shape index (κ2) is 8.67. The summed E-state index contributed by atoms with van der Waals surface area (Å²) in [5, 5.41) is 30.9. The van der Waals surface area contributed by atoms with Crippen molar-refractivity contribution in [1.29, 1.82) is 5.26 Å². The van der Waals surface area contributed by atoms with Gasteiger partial charge in [-0.3, -0.25) is 24.3 Å². The monoisotopic (exact) mass is 403 g/mol. The zero-order valence-electron chi connectivity index (χ0n) is 15.4. The summed E-state index contributed by atoms with van der Waals surface area (Å²) in [5.41, 5.74) is -1.67. The summed E-state index contributed by atoms with van der Waals surface area (Å²) in [4.78, 5) is 35.8. The second-order valence-electron chi connectivity index (χ2n) is 6.23. The van der Waals surface area contributed by atoms with Crippen molar-refractivity contribution in [3.05, 3.63) is 65.9 Å². The summed E-state index contributed by atoms with van der Waals surface area (Å²) >= 11 is 5.78. The average molecular weight is 404 g/mol. The lowest BCUT2D eigenvalue weighted by molar-refractivity contribution is -0.384. The number of pyridine rings is 1. The Labute approximate surface area is 165 Å². The summed E-state index contributed by atoms with van der Waals surface area (Å²) < 4.78 is 0.999. The molecule has 0 saturated carbocycles. The van der Waals surface area contributed by atoms with E-state index in [4.69, 9.17) is 11.6 Å². The first kappa shape index (κ1) is 21.1. The van der Waals surface area contributed by atoms with E-state index < -0.39 is 27.8 Å². The minimum atomic E-state index is -0.740. The van der Waals surface area contributed by atoms with Crippen molar-refractivity contribution in [2.75, 3.05) is 0 Å². The van der Waals surface area contributed by atoms with E-state index in [1.807, 2.05) is 6.92 Å². The van der Waals surface area contributed by atoms with E-state index in [-0.39, 0.29) is 33.8 Å². The van der Waals surface area contributed by atoms with Crippen LogP contribution in [0.15, 0.2) is 23.0 Å². The van der Waals surface area contributed by atoms with Gasteiger partial charge in [-0.15, -0.1) is 0 Å². The molecule has 0 spiro atoms. The number of carbonyl (C=O) groups is 1. The van der Waals surface area contributed by atoms with Gasteiger partial charge in [0.05, 0.1) is 10.5 Å². The number of aromatic hydroxyl groups is 1. The molecule has 0 bridgehead atoms. The molecular formula is C19H18ClN3O5. The van der Waals surface area contributed by atoms with Gasteiger partial charge in [0.1, 0.15) is 16.7 Å². The van der Waals surface area contributed by atoms with Gasteiger partial charge >= 0.3 is 0 Å². The number of nitriles is 1. The van der Waals surface area contributed by atoms with Crippen LogP contribution >= 0.6 is 11.6 Å². The molecule has 1 heterocycles. The van der Waals surface area contributed by atoms with Crippen molar-refractivity contribution < 1.29 is 14.8 Å². The summed E-state index contributed by atoms with van der Waals surface area (Å²) in [5.74, 6) is -1.30. The summed E-state index contributed by atoms with van der Waals surface area (Å²) in [7, 11) is 0. The number of benzene rings is 1. The minimum Gasteiger partial charge on any atom is -0.494 e. The van der Waals surface area contributed by atoms with Crippen molar-refractivity contribution in [3.8, 4) is 11.9 Å². The van der Waals surface area contributed by atoms with Gasteiger partial charge in [0.25, 0.3) is 11.2 Å². The van der Waals surface area contributed by atoms with Crippen LogP contribution in [0.25, 0.3) is 0 Å². The molecule has 0 fully saturated rings. The van der Waals surface area contributed by atoms with E-state index in [9.17, 15) is 30.1 Å². The third-order valence-corrected chi connectivity index (χ3v) is 4.74. The molecule has 146 valence electrons. The molecule has 8 nitrogen and oxygen atoms in total. The highest BCUT2D eigenvalue weighted by Crippen LogP contribution is 2.29. The van der Waals surface area contributed by atoms with Gasteiger partial charge in [-0.1, -0.05) is 31.4 Å². The molecule has 0 saturated heterocycles. The molecule has 2 aromatic rings. The highest BCUT2D eigenvalue weighted by atomic mass is 35.5. The largest absolute Gasteiger partial charge is 0.494 e. The Bertz CT molecular complexity index is 1050. The Morgan fingerprint density at radius 3 is 2.64 bits per heavy atom. The van der Waals surface area contributed by atoms with Crippen molar-refractivity contribution >= 4 is 23.1 Å². The smallest absolute Gasteiger partial charge is 0.288 e. The quantitative estimate of drug-likeness (QED) is 0.325. The highest BCUT2D eigenvalue weighted by molar-refractivity contribution is 6.32. The molecule has 1 N–H and O–H groups in total. The minimum absolute atomic E-state index is 0.0272. The Kier molecular flexibility index (Phi) is 6.54. The molecule has 28 heavy (non-hydrogen) atoms. The number of nitro groups is 1. The van der Waals surface area contributed by atoms with Crippen LogP contribution in [0.1, 0.15) is 53.2 Å². The van der Waals surface area contributed by atoms with Gasteiger partial charge in [-0.25, -0.2) is 0 Å². The predicted molar refractivity (Wildman–Crippen MR) is 103 cm³/mol. The molecule has 0 aliphatic rings. The van der Waals surface area contributed by atoms with Crippen LogP contribution in [-0.2, 0) is 6.54 Å². The topological polar surface area (TPSA) is 126 Å². The molecule has 0 aliphatic heterocycles. The fourth-order valence-corrected chi connectivity index (χ4v) is 3.07. The van der Waals surface area contributed by atoms with Crippen LogP contribution in [0.5, 0.6) is 5.88 Å². The van der Waals surface area contributed by atoms with Crippen LogP contribution in [0.4, 0.5) is 5.69 Å². The molecule has 2 rings (SSSR count). The Morgan fingerprint density at radius 1 is 1.39 bits per heavy atom. The van der Waals surface area contributed by atoms with Crippen LogP contribution < -0.4 is 5.56 Å². The number of aromatic nitrogens is 1. The lowest BCUT2D eigenvalue weighted by Crippen LogP contribution is -2.27. The Hall–Kier alpha value is -3.18. The lowest BCUT2D eigenvalue weighted by Gasteiger charge is -2.15. The first-order valence-electron chi connectivity index (χ1n) is 8.59. The number of unbranched alkanes of at least 4 members (excludes halogenated alkanes) is 2.